The van der Waals surface area contributed by atoms with Gasteiger partial charge in [0.05, 0.1) is 0 Å². The molecule has 8 nitrogen and oxygen atoms in total. The Morgan fingerprint density at radius 1 is 1.04 bits per heavy atom. The van der Waals surface area contributed by atoms with Crippen LogP contribution in [0, 0.1) is 0 Å². The molecule has 0 spiro atoms. The van der Waals surface area contributed by atoms with Crippen LogP contribution in [0.3, 0.4) is 0 Å². The maximum Gasteiger partial charge on any atom is 0.225 e. The number of nitrogens with zero attached hydrogens (tertiary/aromatic N) is 8. The quantitative estimate of drug-likeness (QED) is 0.705. The molecule has 0 atom stereocenters. The largest absolute Gasteiger partial charge is 0.341 e. The molecule has 0 saturated carbocycles. The Labute approximate surface area is 146 Å². The highest BCUT2D eigenvalue weighted by Gasteiger charge is 2.26. The lowest BCUT2D eigenvalue weighted by Gasteiger charge is -2.31. The van der Waals surface area contributed by atoms with E-state index in [1.165, 1.54) is 0 Å². The Bertz CT molecular complexity index is 787. The van der Waals surface area contributed by atoms with Crippen molar-refractivity contribution < 1.29 is 0 Å². The third-order valence-corrected chi connectivity index (χ3v) is 4.73. The number of aromatic nitrogens is 7. The molecule has 0 bridgehead atoms. The van der Waals surface area contributed by atoms with E-state index in [4.69, 9.17) is 0 Å². The van der Waals surface area contributed by atoms with Gasteiger partial charge in [0, 0.05) is 50.3 Å². The van der Waals surface area contributed by atoms with Crippen LogP contribution in [0.2, 0.25) is 0 Å². The molecule has 1 saturated heterocycles. The molecule has 1 fully saturated rings. The first-order valence-corrected chi connectivity index (χ1v) is 8.76. The van der Waals surface area contributed by atoms with E-state index in [2.05, 4.69) is 41.7 Å². The van der Waals surface area contributed by atoms with Crippen molar-refractivity contribution in [3.05, 3.63) is 48.6 Å². The minimum Gasteiger partial charge on any atom is -0.341 e. The van der Waals surface area contributed by atoms with E-state index in [0.29, 0.717) is 12.5 Å². The number of piperidine rings is 1. The van der Waals surface area contributed by atoms with Gasteiger partial charge in [-0.3, -0.25) is 4.68 Å². The van der Waals surface area contributed by atoms with Crippen molar-refractivity contribution in [2.45, 2.75) is 38.8 Å². The molecule has 0 N–H and O–H groups in total. The standard InChI is InChI=1S/C17H22N8/c1-2-25-15(13-24-10-4-9-20-24)21-22-16(25)14-5-11-23(12-6-14)17-18-7-3-8-19-17/h3-4,7-10,14H,2,5-6,11-13H2,1H3. The van der Waals surface area contributed by atoms with Gasteiger partial charge in [-0.2, -0.15) is 5.10 Å². The molecule has 4 heterocycles. The van der Waals surface area contributed by atoms with Gasteiger partial charge in [0.2, 0.25) is 5.95 Å². The van der Waals surface area contributed by atoms with E-state index in [1.807, 2.05) is 23.0 Å². The average Bonchev–Trinajstić information content (AvgIpc) is 3.32. The number of rotatable bonds is 5. The van der Waals surface area contributed by atoms with Crippen molar-refractivity contribution in [2.75, 3.05) is 18.0 Å². The SMILES string of the molecule is CCn1c(Cn2cccn2)nnc1C1CCN(c2ncccn2)CC1. The van der Waals surface area contributed by atoms with Crippen LogP contribution >= 0.6 is 0 Å². The third kappa shape index (κ3) is 3.24. The molecular formula is C17H22N8. The Morgan fingerprint density at radius 3 is 2.52 bits per heavy atom. The van der Waals surface area contributed by atoms with E-state index in [0.717, 1.165) is 50.1 Å². The monoisotopic (exact) mass is 338 g/mol. The molecule has 3 aromatic rings. The van der Waals surface area contributed by atoms with E-state index in [-0.39, 0.29) is 0 Å². The zero-order valence-electron chi connectivity index (χ0n) is 14.4. The summed E-state index contributed by atoms with van der Waals surface area (Å²) >= 11 is 0. The maximum absolute atomic E-state index is 4.51. The van der Waals surface area contributed by atoms with Crippen LogP contribution in [0.1, 0.15) is 37.3 Å². The first-order chi connectivity index (χ1) is 12.3. The fraction of sp³-hybridized carbons (Fsp3) is 0.471. The first-order valence-electron chi connectivity index (χ1n) is 8.76. The highest BCUT2D eigenvalue weighted by Crippen LogP contribution is 2.28. The smallest absolute Gasteiger partial charge is 0.225 e. The maximum atomic E-state index is 4.51. The molecule has 130 valence electrons. The van der Waals surface area contributed by atoms with Gasteiger partial charge in [-0.15, -0.1) is 10.2 Å². The van der Waals surface area contributed by atoms with Crippen molar-refractivity contribution in [2.24, 2.45) is 0 Å². The molecule has 0 aliphatic carbocycles. The lowest BCUT2D eigenvalue weighted by molar-refractivity contribution is 0.459. The van der Waals surface area contributed by atoms with Crippen molar-refractivity contribution >= 4 is 5.95 Å². The fourth-order valence-electron chi connectivity index (χ4n) is 3.44. The second-order valence-electron chi connectivity index (χ2n) is 6.23. The second-order valence-corrected chi connectivity index (χ2v) is 6.23. The molecule has 0 unspecified atom stereocenters. The van der Waals surface area contributed by atoms with Crippen LogP contribution in [0.15, 0.2) is 36.9 Å². The summed E-state index contributed by atoms with van der Waals surface area (Å²) < 4.78 is 4.12. The van der Waals surface area contributed by atoms with Gasteiger partial charge in [-0.25, -0.2) is 9.97 Å². The van der Waals surface area contributed by atoms with Gasteiger partial charge < -0.3 is 9.47 Å². The molecular weight excluding hydrogens is 316 g/mol. The Balaban J connectivity index is 1.47. The Kier molecular flexibility index (Phi) is 4.41. The third-order valence-electron chi connectivity index (χ3n) is 4.73. The number of anilines is 1. The molecule has 0 aromatic carbocycles. The summed E-state index contributed by atoms with van der Waals surface area (Å²) in [6.45, 7) is 5.57. The van der Waals surface area contributed by atoms with E-state index < -0.39 is 0 Å². The second kappa shape index (κ2) is 7.00. The Hall–Kier alpha value is -2.77. The Morgan fingerprint density at radius 2 is 1.84 bits per heavy atom. The van der Waals surface area contributed by atoms with Gasteiger partial charge in [0.25, 0.3) is 0 Å². The van der Waals surface area contributed by atoms with Gasteiger partial charge in [-0.1, -0.05) is 0 Å². The van der Waals surface area contributed by atoms with Crippen molar-refractivity contribution in [3.63, 3.8) is 0 Å². The van der Waals surface area contributed by atoms with Crippen molar-refractivity contribution in [3.8, 4) is 0 Å². The van der Waals surface area contributed by atoms with E-state index >= 15 is 0 Å². The fourth-order valence-corrected chi connectivity index (χ4v) is 3.44. The summed E-state index contributed by atoms with van der Waals surface area (Å²) in [5.74, 6) is 3.31. The predicted molar refractivity (Wildman–Crippen MR) is 93.2 cm³/mol. The molecule has 1 aliphatic rings. The van der Waals surface area contributed by atoms with Crippen LogP contribution in [-0.2, 0) is 13.1 Å². The number of hydrogen-bond acceptors (Lipinski definition) is 6. The van der Waals surface area contributed by atoms with Gasteiger partial charge in [-0.05, 0) is 31.9 Å². The molecule has 8 heteroatoms. The average molecular weight is 338 g/mol. The topological polar surface area (TPSA) is 77.5 Å². The number of hydrogen-bond donors (Lipinski definition) is 0. The van der Waals surface area contributed by atoms with E-state index in [1.54, 1.807) is 18.6 Å². The molecule has 1 aliphatic heterocycles. The zero-order valence-corrected chi connectivity index (χ0v) is 14.4. The van der Waals surface area contributed by atoms with Crippen LogP contribution in [0.4, 0.5) is 5.95 Å². The minimum atomic E-state index is 0.429. The molecule has 0 amide bonds. The van der Waals surface area contributed by atoms with Gasteiger partial charge >= 0.3 is 0 Å². The van der Waals surface area contributed by atoms with Crippen LogP contribution in [0.25, 0.3) is 0 Å². The molecule has 4 rings (SSSR count). The van der Waals surface area contributed by atoms with Crippen molar-refractivity contribution in [1.82, 2.24) is 34.5 Å². The summed E-state index contributed by atoms with van der Waals surface area (Å²) in [7, 11) is 0. The normalized spacial score (nSPS) is 15.6. The lowest BCUT2D eigenvalue weighted by Crippen LogP contribution is -2.34. The van der Waals surface area contributed by atoms with Crippen molar-refractivity contribution in [1.29, 1.82) is 0 Å². The highest BCUT2D eigenvalue weighted by molar-refractivity contribution is 5.29. The zero-order chi connectivity index (χ0) is 17.1. The molecule has 25 heavy (non-hydrogen) atoms. The first kappa shape index (κ1) is 15.7. The van der Waals surface area contributed by atoms with Crippen LogP contribution in [0.5, 0.6) is 0 Å². The molecule has 0 radical (unpaired) electrons. The predicted octanol–water partition coefficient (Wildman–Crippen LogP) is 1.72. The summed E-state index contributed by atoms with van der Waals surface area (Å²) in [4.78, 5) is 10.9. The van der Waals surface area contributed by atoms with Crippen LogP contribution < -0.4 is 4.90 Å². The van der Waals surface area contributed by atoms with Gasteiger partial charge in [0.1, 0.15) is 12.4 Å². The molecule has 3 aromatic heterocycles. The summed E-state index contributed by atoms with van der Waals surface area (Å²) in [5.41, 5.74) is 0. The van der Waals surface area contributed by atoms with Gasteiger partial charge in [0.15, 0.2) is 5.82 Å². The summed E-state index contributed by atoms with van der Waals surface area (Å²) in [6.07, 6.45) is 9.41. The van der Waals surface area contributed by atoms with E-state index in [9.17, 15) is 0 Å². The highest BCUT2D eigenvalue weighted by atomic mass is 15.3. The summed E-state index contributed by atoms with van der Waals surface area (Å²) in [6, 6.07) is 3.77. The lowest BCUT2D eigenvalue weighted by atomic mass is 9.96. The minimum absolute atomic E-state index is 0.429. The van der Waals surface area contributed by atoms with Crippen LogP contribution in [-0.4, -0.2) is 47.6 Å². The summed E-state index contributed by atoms with van der Waals surface area (Å²) in [5, 5.41) is 13.2.